The normalized spacial score (nSPS) is 17.3. The number of phenols is 1. The van der Waals surface area contributed by atoms with Gasteiger partial charge in [0.05, 0.1) is 6.67 Å². The highest BCUT2D eigenvalue weighted by Crippen LogP contribution is 2.21. The SMILES string of the molecule is Oc1ccc(CC2CN(CCCF)C2)cc1. The standard InChI is InChI=1S/C13H18FNO/c14-6-1-7-15-9-12(10-15)8-11-2-4-13(16)5-3-11/h2-5,12,16H,1,6-10H2. The zero-order valence-corrected chi connectivity index (χ0v) is 9.40. The largest absolute Gasteiger partial charge is 0.508 e. The fourth-order valence-corrected chi connectivity index (χ4v) is 2.24. The van der Waals surface area contributed by atoms with Crippen molar-refractivity contribution in [3.63, 3.8) is 0 Å². The smallest absolute Gasteiger partial charge is 0.115 e. The summed E-state index contributed by atoms with van der Waals surface area (Å²) in [6.07, 6.45) is 1.72. The van der Waals surface area contributed by atoms with Crippen molar-refractivity contribution in [3.8, 4) is 5.75 Å². The van der Waals surface area contributed by atoms with Gasteiger partial charge < -0.3 is 10.0 Å². The van der Waals surface area contributed by atoms with Gasteiger partial charge in [0.25, 0.3) is 0 Å². The first-order chi connectivity index (χ1) is 7.78. The van der Waals surface area contributed by atoms with E-state index in [1.165, 1.54) is 5.56 Å². The van der Waals surface area contributed by atoms with Crippen LogP contribution in [0.4, 0.5) is 4.39 Å². The first kappa shape index (κ1) is 11.4. The Balaban J connectivity index is 1.71. The van der Waals surface area contributed by atoms with E-state index >= 15 is 0 Å². The predicted octanol–water partition coefficient (Wildman–Crippen LogP) is 2.23. The lowest BCUT2D eigenvalue weighted by atomic mass is 9.92. The van der Waals surface area contributed by atoms with Crippen LogP contribution in [-0.2, 0) is 6.42 Å². The van der Waals surface area contributed by atoms with Crippen molar-refractivity contribution in [2.24, 2.45) is 5.92 Å². The van der Waals surface area contributed by atoms with Gasteiger partial charge in [-0.05, 0) is 36.5 Å². The van der Waals surface area contributed by atoms with Crippen LogP contribution in [0.15, 0.2) is 24.3 Å². The number of rotatable bonds is 5. The Morgan fingerprint density at radius 3 is 2.56 bits per heavy atom. The van der Waals surface area contributed by atoms with Crippen LogP contribution >= 0.6 is 0 Å². The average Bonchev–Trinajstić information content (AvgIpc) is 2.24. The van der Waals surface area contributed by atoms with Crippen molar-refractivity contribution in [3.05, 3.63) is 29.8 Å². The minimum Gasteiger partial charge on any atom is -0.508 e. The summed E-state index contributed by atoms with van der Waals surface area (Å²) < 4.78 is 11.9. The van der Waals surface area contributed by atoms with Crippen LogP contribution in [0.5, 0.6) is 5.75 Å². The molecule has 1 aliphatic rings. The van der Waals surface area contributed by atoms with Crippen molar-refractivity contribution < 1.29 is 9.50 Å². The molecule has 1 aliphatic heterocycles. The summed E-state index contributed by atoms with van der Waals surface area (Å²) >= 11 is 0. The summed E-state index contributed by atoms with van der Waals surface area (Å²) in [6.45, 7) is 2.85. The highest BCUT2D eigenvalue weighted by atomic mass is 19.1. The lowest BCUT2D eigenvalue weighted by Gasteiger charge is -2.39. The Morgan fingerprint density at radius 2 is 1.94 bits per heavy atom. The molecular formula is C13H18FNO. The van der Waals surface area contributed by atoms with Crippen LogP contribution in [0.1, 0.15) is 12.0 Å². The molecular weight excluding hydrogens is 205 g/mol. The fraction of sp³-hybridized carbons (Fsp3) is 0.538. The van der Waals surface area contributed by atoms with Crippen molar-refractivity contribution in [2.75, 3.05) is 26.3 Å². The molecule has 0 amide bonds. The zero-order valence-electron chi connectivity index (χ0n) is 9.40. The maximum Gasteiger partial charge on any atom is 0.115 e. The first-order valence-corrected chi connectivity index (χ1v) is 5.84. The summed E-state index contributed by atoms with van der Waals surface area (Å²) in [5.41, 5.74) is 1.27. The van der Waals surface area contributed by atoms with E-state index in [2.05, 4.69) is 4.90 Å². The second-order valence-electron chi connectivity index (χ2n) is 4.54. The molecule has 0 atom stereocenters. The summed E-state index contributed by atoms with van der Waals surface area (Å²) in [5, 5.41) is 9.16. The number of benzene rings is 1. The number of phenolic OH excluding ortho intramolecular Hbond substituents is 1. The van der Waals surface area contributed by atoms with Gasteiger partial charge in [-0.1, -0.05) is 12.1 Å². The highest BCUT2D eigenvalue weighted by molar-refractivity contribution is 5.26. The second kappa shape index (κ2) is 5.30. The second-order valence-corrected chi connectivity index (χ2v) is 4.54. The molecule has 1 saturated heterocycles. The molecule has 1 N–H and O–H groups in total. The van der Waals surface area contributed by atoms with Crippen LogP contribution in [0, 0.1) is 5.92 Å². The van der Waals surface area contributed by atoms with E-state index in [-0.39, 0.29) is 6.67 Å². The van der Waals surface area contributed by atoms with Crippen LogP contribution < -0.4 is 0 Å². The molecule has 0 aromatic heterocycles. The van der Waals surface area contributed by atoms with Gasteiger partial charge in [0, 0.05) is 19.6 Å². The third-order valence-corrected chi connectivity index (χ3v) is 3.10. The molecule has 0 bridgehead atoms. The molecule has 0 spiro atoms. The molecule has 0 unspecified atom stereocenters. The molecule has 1 aromatic carbocycles. The van der Waals surface area contributed by atoms with Gasteiger partial charge in [0.1, 0.15) is 5.75 Å². The first-order valence-electron chi connectivity index (χ1n) is 5.84. The molecule has 2 rings (SSSR count). The van der Waals surface area contributed by atoms with E-state index in [1.807, 2.05) is 12.1 Å². The van der Waals surface area contributed by atoms with Crippen LogP contribution in [0.25, 0.3) is 0 Å². The van der Waals surface area contributed by atoms with E-state index < -0.39 is 0 Å². The summed E-state index contributed by atoms with van der Waals surface area (Å²) in [5.74, 6) is 1.02. The molecule has 88 valence electrons. The topological polar surface area (TPSA) is 23.5 Å². The minimum atomic E-state index is -0.209. The minimum absolute atomic E-state index is 0.209. The predicted molar refractivity (Wildman–Crippen MR) is 62.3 cm³/mol. The van der Waals surface area contributed by atoms with E-state index in [1.54, 1.807) is 12.1 Å². The van der Waals surface area contributed by atoms with Gasteiger partial charge in [-0.15, -0.1) is 0 Å². The Labute approximate surface area is 95.7 Å². The number of alkyl halides is 1. The van der Waals surface area contributed by atoms with E-state index in [9.17, 15) is 4.39 Å². The van der Waals surface area contributed by atoms with E-state index in [4.69, 9.17) is 5.11 Å². The number of hydrogen-bond acceptors (Lipinski definition) is 2. The third kappa shape index (κ3) is 2.95. The number of halogens is 1. The zero-order chi connectivity index (χ0) is 11.4. The van der Waals surface area contributed by atoms with Gasteiger partial charge >= 0.3 is 0 Å². The molecule has 1 fully saturated rings. The molecule has 3 heteroatoms. The molecule has 1 heterocycles. The van der Waals surface area contributed by atoms with Crippen LogP contribution in [0.3, 0.4) is 0 Å². The summed E-state index contributed by atoms with van der Waals surface area (Å²) in [6, 6.07) is 7.41. The number of hydrogen-bond donors (Lipinski definition) is 1. The molecule has 2 nitrogen and oxygen atoms in total. The maximum atomic E-state index is 11.9. The van der Waals surface area contributed by atoms with Crippen molar-refractivity contribution in [1.29, 1.82) is 0 Å². The lowest BCUT2D eigenvalue weighted by Crippen LogP contribution is -2.47. The van der Waals surface area contributed by atoms with E-state index in [0.29, 0.717) is 18.1 Å². The Kier molecular flexibility index (Phi) is 3.78. The number of aromatic hydroxyl groups is 1. The number of nitrogens with zero attached hydrogens (tertiary/aromatic N) is 1. The maximum absolute atomic E-state index is 11.9. The van der Waals surface area contributed by atoms with Gasteiger partial charge in [-0.3, -0.25) is 4.39 Å². The molecule has 0 saturated carbocycles. The quantitative estimate of drug-likeness (QED) is 0.827. The fourth-order valence-electron chi connectivity index (χ4n) is 2.24. The summed E-state index contributed by atoms with van der Waals surface area (Å²) in [4.78, 5) is 2.30. The lowest BCUT2D eigenvalue weighted by molar-refractivity contribution is 0.0968. The average molecular weight is 223 g/mol. The molecule has 16 heavy (non-hydrogen) atoms. The van der Waals surface area contributed by atoms with Gasteiger partial charge in [0.15, 0.2) is 0 Å². The monoisotopic (exact) mass is 223 g/mol. The Bertz CT molecular complexity index is 319. The van der Waals surface area contributed by atoms with Crippen molar-refractivity contribution >= 4 is 0 Å². The molecule has 0 radical (unpaired) electrons. The van der Waals surface area contributed by atoms with Gasteiger partial charge in [-0.2, -0.15) is 0 Å². The highest BCUT2D eigenvalue weighted by Gasteiger charge is 2.25. The van der Waals surface area contributed by atoms with Crippen LogP contribution in [-0.4, -0.2) is 36.3 Å². The van der Waals surface area contributed by atoms with Crippen molar-refractivity contribution in [1.82, 2.24) is 4.90 Å². The Morgan fingerprint density at radius 1 is 1.25 bits per heavy atom. The van der Waals surface area contributed by atoms with Crippen LogP contribution in [0.2, 0.25) is 0 Å². The molecule has 0 aliphatic carbocycles. The van der Waals surface area contributed by atoms with Gasteiger partial charge in [-0.25, -0.2) is 0 Å². The van der Waals surface area contributed by atoms with Gasteiger partial charge in [0.2, 0.25) is 0 Å². The number of likely N-dealkylation sites (tertiary alicyclic amines) is 1. The summed E-state index contributed by atoms with van der Waals surface area (Å²) in [7, 11) is 0. The Hall–Kier alpha value is -1.09. The van der Waals surface area contributed by atoms with Crippen molar-refractivity contribution in [2.45, 2.75) is 12.8 Å². The van der Waals surface area contributed by atoms with E-state index in [0.717, 1.165) is 26.1 Å². The third-order valence-electron chi connectivity index (χ3n) is 3.10. The molecule has 1 aromatic rings.